The minimum absolute atomic E-state index is 0.147. The third-order valence-corrected chi connectivity index (χ3v) is 5.69. The molecule has 0 aromatic heterocycles. The van der Waals surface area contributed by atoms with Crippen LogP contribution in [0.1, 0.15) is 24.0 Å². The van der Waals surface area contributed by atoms with Gasteiger partial charge in [0.2, 0.25) is 0 Å². The van der Waals surface area contributed by atoms with Crippen LogP contribution in [0.5, 0.6) is 0 Å². The number of hydrogen-bond donors (Lipinski definition) is 0. The summed E-state index contributed by atoms with van der Waals surface area (Å²) in [6.07, 6.45) is 2.35. The van der Waals surface area contributed by atoms with Crippen LogP contribution < -0.4 is 0 Å². The molecule has 2 aromatic rings. The molecule has 1 aliphatic rings. The maximum atomic E-state index is 3.55. The summed E-state index contributed by atoms with van der Waals surface area (Å²) >= 11 is 7.10. The molecule has 0 radical (unpaired) electrons. The highest BCUT2D eigenvalue weighted by Gasteiger charge is 2.36. The quantitative estimate of drug-likeness (QED) is 0.658. The number of nitrogens with zero attached hydrogens (tertiary/aromatic N) is 1. The Morgan fingerprint density at radius 3 is 1.52 bits per heavy atom. The van der Waals surface area contributed by atoms with E-state index in [9.17, 15) is 0 Å². The van der Waals surface area contributed by atoms with E-state index in [1.165, 1.54) is 24.0 Å². The van der Waals surface area contributed by atoms with Gasteiger partial charge in [0, 0.05) is 14.4 Å². The fourth-order valence-electron chi connectivity index (χ4n) is 3.28. The summed E-state index contributed by atoms with van der Waals surface area (Å²) < 4.78 is 2.29. The number of halogens is 2. The molecule has 0 unspecified atom stereocenters. The van der Waals surface area contributed by atoms with Gasteiger partial charge < -0.3 is 4.90 Å². The van der Waals surface area contributed by atoms with Crippen LogP contribution in [-0.4, -0.2) is 25.0 Å². The van der Waals surface area contributed by atoms with Crippen LogP contribution in [0.3, 0.4) is 0 Å². The summed E-state index contributed by atoms with van der Waals surface area (Å²) in [7, 11) is 2.22. The Balaban J connectivity index is 2.06. The van der Waals surface area contributed by atoms with Gasteiger partial charge in [0.1, 0.15) is 0 Å². The van der Waals surface area contributed by atoms with E-state index in [0.29, 0.717) is 0 Å². The van der Waals surface area contributed by atoms with Crippen molar-refractivity contribution < 1.29 is 0 Å². The van der Waals surface area contributed by atoms with Crippen molar-refractivity contribution in [2.45, 2.75) is 18.3 Å². The van der Waals surface area contributed by atoms with E-state index in [4.69, 9.17) is 0 Å². The van der Waals surface area contributed by atoms with E-state index in [1.54, 1.807) is 0 Å². The lowest BCUT2D eigenvalue weighted by Gasteiger charge is -2.42. The van der Waals surface area contributed by atoms with Crippen molar-refractivity contribution in [1.29, 1.82) is 0 Å². The molecule has 1 aliphatic heterocycles. The second kappa shape index (κ2) is 6.23. The van der Waals surface area contributed by atoms with E-state index < -0.39 is 0 Å². The molecule has 1 saturated heterocycles. The summed E-state index contributed by atoms with van der Waals surface area (Å²) in [5, 5.41) is 0. The van der Waals surface area contributed by atoms with Crippen molar-refractivity contribution >= 4 is 31.9 Å². The second-order valence-corrected chi connectivity index (χ2v) is 7.73. The maximum absolute atomic E-state index is 3.55. The van der Waals surface area contributed by atoms with Gasteiger partial charge in [-0.1, -0.05) is 56.1 Å². The van der Waals surface area contributed by atoms with Gasteiger partial charge in [-0.3, -0.25) is 0 Å². The standard InChI is InChI=1S/C18H19Br2N/c1-21-12-10-18(11-13-21,14-2-6-16(19)7-3-14)15-4-8-17(20)9-5-15/h2-9H,10-13H2,1H3. The first kappa shape index (κ1) is 15.3. The Labute approximate surface area is 143 Å². The summed E-state index contributed by atoms with van der Waals surface area (Å²) in [6, 6.07) is 17.7. The molecule has 0 aliphatic carbocycles. The lowest BCUT2D eigenvalue weighted by molar-refractivity contribution is 0.213. The molecule has 1 heterocycles. The van der Waals surface area contributed by atoms with Gasteiger partial charge in [0.15, 0.2) is 0 Å². The number of benzene rings is 2. The first-order valence-electron chi connectivity index (χ1n) is 7.31. The van der Waals surface area contributed by atoms with Crippen LogP contribution in [0, 0.1) is 0 Å². The topological polar surface area (TPSA) is 3.24 Å². The molecular formula is C18H19Br2N. The molecule has 0 bridgehead atoms. The number of hydrogen-bond acceptors (Lipinski definition) is 1. The lowest BCUT2D eigenvalue weighted by Crippen LogP contribution is -2.41. The highest BCUT2D eigenvalue weighted by molar-refractivity contribution is 9.10. The average Bonchev–Trinajstić information content (AvgIpc) is 2.50. The van der Waals surface area contributed by atoms with Crippen LogP contribution in [0.25, 0.3) is 0 Å². The summed E-state index contributed by atoms with van der Waals surface area (Å²) in [5.74, 6) is 0. The molecule has 0 atom stereocenters. The number of piperidine rings is 1. The first-order valence-corrected chi connectivity index (χ1v) is 8.89. The lowest BCUT2D eigenvalue weighted by atomic mass is 9.68. The molecule has 1 nitrogen and oxygen atoms in total. The average molecular weight is 409 g/mol. The Bertz CT molecular complexity index is 549. The fraction of sp³-hybridized carbons (Fsp3) is 0.333. The van der Waals surface area contributed by atoms with Crippen molar-refractivity contribution in [3.05, 3.63) is 68.6 Å². The van der Waals surface area contributed by atoms with Gasteiger partial charge in [-0.05, 0) is 68.4 Å². The van der Waals surface area contributed by atoms with Gasteiger partial charge in [0.25, 0.3) is 0 Å². The zero-order chi connectivity index (χ0) is 14.9. The Morgan fingerprint density at radius 1 is 0.762 bits per heavy atom. The normalized spacial score (nSPS) is 18.6. The zero-order valence-corrected chi connectivity index (χ0v) is 15.3. The molecular weight excluding hydrogens is 390 g/mol. The number of rotatable bonds is 2. The molecule has 0 spiro atoms. The Kier molecular flexibility index (Phi) is 4.53. The second-order valence-electron chi connectivity index (χ2n) is 5.90. The maximum Gasteiger partial charge on any atom is 0.0227 e. The van der Waals surface area contributed by atoms with Crippen molar-refractivity contribution in [3.63, 3.8) is 0 Å². The van der Waals surface area contributed by atoms with Crippen molar-refractivity contribution in [3.8, 4) is 0 Å². The third-order valence-electron chi connectivity index (χ3n) is 4.63. The van der Waals surface area contributed by atoms with Crippen LogP contribution >= 0.6 is 31.9 Å². The van der Waals surface area contributed by atoms with Crippen LogP contribution in [0.15, 0.2) is 57.5 Å². The molecule has 0 N–H and O–H groups in total. The van der Waals surface area contributed by atoms with Gasteiger partial charge in [0.05, 0.1) is 0 Å². The molecule has 3 rings (SSSR count). The molecule has 2 aromatic carbocycles. The molecule has 21 heavy (non-hydrogen) atoms. The predicted molar refractivity (Wildman–Crippen MR) is 95.8 cm³/mol. The molecule has 1 fully saturated rings. The minimum atomic E-state index is 0.147. The molecule has 0 amide bonds. The summed E-state index contributed by atoms with van der Waals surface area (Å²) in [4.78, 5) is 2.43. The largest absolute Gasteiger partial charge is 0.306 e. The van der Waals surface area contributed by atoms with E-state index in [2.05, 4.69) is 92.3 Å². The SMILES string of the molecule is CN1CCC(c2ccc(Br)cc2)(c2ccc(Br)cc2)CC1. The Hall–Kier alpha value is -0.640. The van der Waals surface area contributed by atoms with Gasteiger partial charge in [-0.25, -0.2) is 0 Å². The molecule has 0 saturated carbocycles. The fourth-order valence-corrected chi connectivity index (χ4v) is 3.81. The van der Waals surface area contributed by atoms with E-state index >= 15 is 0 Å². The van der Waals surface area contributed by atoms with Gasteiger partial charge >= 0.3 is 0 Å². The Morgan fingerprint density at radius 2 is 1.14 bits per heavy atom. The van der Waals surface area contributed by atoms with Gasteiger partial charge in [-0.2, -0.15) is 0 Å². The van der Waals surface area contributed by atoms with Crippen molar-refractivity contribution in [2.75, 3.05) is 20.1 Å². The third kappa shape index (κ3) is 3.10. The van der Waals surface area contributed by atoms with Crippen LogP contribution in [-0.2, 0) is 5.41 Å². The monoisotopic (exact) mass is 407 g/mol. The zero-order valence-electron chi connectivity index (χ0n) is 12.2. The highest BCUT2D eigenvalue weighted by Crippen LogP contribution is 2.42. The summed E-state index contributed by atoms with van der Waals surface area (Å²) in [6.45, 7) is 2.29. The van der Waals surface area contributed by atoms with Crippen LogP contribution in [0.2, 0.25) is 0 Å². The van der Waals surface area contributed by atoms with Crippen molar-refractivity contribution in [2.24, 2.45) is 0 Å². The predicted octanol–water partition coefficient (Wildman–Crippen LogP) is 5.22. The number of likely N-dealkylation sites (tertiary alicyclic amines) is 1. The smallest absolute Gasteiger partial charge is 0.0227 e. The highest BCUT2D eigenvalue weighted by atomic mass is 79.9. The van der Waals surface area contributed by atoms with Gasteiger partial charge in [-0.15, -0.1) is 0 Å². The molecule has 3 heteroatoms. The van der Waals surface area contributed by atoms with E-state index in [1.807, 2.05) is 0 Å². The van der Waals surface area contributed by atoms with E-state index in [-0.39, 0.29) is 5.41 Å². The van der Waals surface area contributed by atoms with Crippen molar-refractivity contribution in [1.82, 2.24) is 4.90 Å². The first-order chi connectivity index (χ1) is 10.1. The minimum Gasteiger partial charge on any atom is -0.306 e. The molecule has 110 valence electrons. The summed E-state index contributed by atoms with van der Waals surface area (Å²) in [5.41, 5.74) is 3.01. The van der Waals surface area contributed by atoms with Crippen LogP contribution in [0.4, 0.5) is 0 Å². The van der Waals surface area contributed by atoms with E-state index in [0.717, 1.165) is 22.0 Å².